The van der Waals surface area contributed by atoms with Crippen molar-refractivity contribution in [3.8, 4) is 5.75 Å². The molecule has 0 aliphatic rings. The summed E-state index contributed by atoms with van der Waals surface area (Å²) in [6.07, 6.45) is 0. The lowest BCUT2D eigenvalue weighted by Crippen LogP contribution is -2.16. The Morgan fingerprint density at radius 2 is 2.16 bits per heavy atom. The highest BCUT2D eigenvalue weighted by Gasteiger charge is 2.13. The molecule has 0 N–H and O–H groups in total. The van der Waals surface area contributed by atoms with Gasteiger partial charge in [0.05, 0.1) is 12.8 Å². The average Bonchev–Trinajstić information content (AvgIpc) is 2.65. The Balaban J connectivity index is 2.22. The fourth-order valence-electron chi connectivity index (χ4n) is 2.03. The molecule has 5 heteroatoms. The lowest BCUT2D eigenvalue weighted by Gasteiger charge is -2.19. The van der Waals surface area contributed by atoms with E-state index in [-0.39, 0.29) is 0 Å². The molecule has 0 atom stereocenters. The van der Waals surface area contributed by atoms with E-state index in [4.69, 9.17) is 16.3 Å². The van der Waals surface area contributed by atoms with Crippen LogP contribution in [-0.2, 0) is 13.6 Å². The highest BCUT2D eigenvalue weighted by atomic mass is 35.5. The quantitative estimate of drug-likeness (QED) is 0.862. The number of ether oxygens (including phenoxy) is 1. The van der Waals surface area contributed by atoms with E-state index >= 15 is 0 Å². The summed E-state index contributed by atoms with van der Waals surface area (Å²) in [4.78, 5) is 2.12. The molecular weight excluding hydrogens is 262 g/mol. The van der Waals surface area contributed by atoms with Crippen LogP contribution in [0.2, 0.25) is 5.15 Å². The molecule has 0 fully saturated rings. The van der Waals surface area contributed by atoms with Crippen LogP contribution in [0.1, 0.15) is 11.3 Å². The van der Waals surface area contributed by atoms with Crippen molar-refractivity contribution in [2.45, 2.75) is 13.5 Å². The second-order valence-corrected chi connectivity index (χ2v) is 4.89. The maximum absolute atomic E-state index is 6.25. The summed E-state index contributed by atoms with van der Waals surface area (Å²) < 4.78 is 6.94. The minimum Gasteiger partial charge on any atom is -0.497 e. The van der Waals surface area contributed by atoms with Gasteiger partial charge in [0.15, 0.2) is 0 Å². The molecular formula is C14H18ClN3O. The number of aromatic nitrogens is 2. The zero-order valence-electron chi connectivity index (χ0n) is 11.6. The molecule has 0 saturated carbocycles. The second kappa shape index (κ2) is 5.53. The zero-order chi connectivity index (χ0) is 14.0. The Morgan fingerprint density at radius 3 is 2.74 bits per heavy atom. The van der Waals surface area contributed by atoms with Gasteiger partial charge in [0.2, 0.25) is 0 Å². The molecule has 0 amide bonds. The summed E-state index contributed by atoms with van der Waals surface area (Å²) in [5.74, 6) is 0.846. The molecule has 0 aliphatic heterocycles. The third-order valence-electron chi connectivity index (χ3n) is 3.16. The van der Waals surface area contributed by atoms with Crippen molar-refractivity contribution < 1.29 is 4.74 Å². The molecule has 2 rings (SSSR count). The number of hydrogen-bond donors (Lipinski definition) is 0. The van der Waals surface area contributed by atoms with E-state index in [1.807, 2.05) is 45.3 Å². The van der Waals surface area contributed by atoms with Crippen molar-refractivity contribution in [2.75, 3.05) is 19.1 Å². The Bertz CT molecular complexity index is 580. The van der Waals surface area contributed by atoms with E-state index in [9.17, 15) is 0 Å². The standard InChI is InChI=1S/C14H18ClN3O/c1-10-13(14(15)18(3)16-10)9-17(2)11-6-5-7-12(8-11)19-4/h5-8H,9H2,1-4H3. The molecule has 0 radical (unpaired) electrons. The van der Waals surface area contributed by atoms with Gasteiger partial charge < -0.3 is 9.64 Å². The molecule has 0 bridgehead atoms. The largest absolute Gasteiger partial charge is 0.497 e. The summed E-state index contributed by atoms with van der Waals surface area (Å²) in [6.45, 7) is 2.69. The molecule has 1 heterocycles. The number of aryl methyl sites for hydroxylation is 2. The van der Waals surface area contributed by atoms with Crippen LogP contribution in [0.15, 0.2) is 24.3 Å². The highest BCUT2D eigenvalue weighted by Crippen LogP contribution is 2.25. The van der Waals surface area contributed by atoms with Crippen LogP contribution < -0.4 is 9.64 Å². The SMILES string of the molecule is COc1cccc(N(C)Cc2c(C)nn(C)c2Cl)c1. The molecule has 19 heavy (non-hydrogen) atoms. The average molecular weight is 280 g/mol. The van der Waals surface area contributed by atoms with Gasteiger partial charge in [0, 0.05) is 38.0 Å². The Morgan fingerprint density at radius 1 is 1.42 bits per heavy atom. The molecule has 1 aromatic carbocycles. The first-order valence-corrected chi connectivity index (χ1v) is 6.44. The monoisotopic (exact) mass is 279 g/mol. The molecule has 0 unspecified atom stereocenters. The molecule has 0 saturated heterocycles. The van der Waals surface area contributed by atoms with Crippen LogP contribution in [0.25, 0.3) is 0 Å². The normalized spacial score (nSPS) is 10.6. The molecule has 0 aliphatic carbocycles. The lowest BCUT2D eigenvalue weighted by molar-refractivity contribution is 0.415. The van der Waals surface area contributed by atoms with Crippen LogP contribution in [0.3, 0.4) is 0 Å². The number of benzene rings is 1. The van der Waals surface area contributed by atoms with Crippen molar-refractivity contribution >= 4 is 17.3 Å². The smallest absolute Gasteiger partial charge is 0.131 e. The summed E-state index contributed by atoms with van der Waals surface area (Å²) in [5, 5.41) is 5.01. The highest BCUT2D eigenvalue weighted by molar-refractivity contribution is 6.30. The van der Waals surface area contributed by atoms with Crippen molar-refractivity contribution in [2.24, 2.45) is 7.05 Å². The Labute approximate surface area is 118 Å². The summed E-state index contributed by atoms with van der Waals surface area (Å²) in [6, 6.07) is 7.95. The Hall–Kier alpha value is -1.68. The third kappa shape index (κ3) is 2.84. The van der Waals surface area contributed by atoms with Gasteiger partial charge in [-0.15, -0.1) is 0 Å². The van der Waals surface area contributed by atoms with Crippen molar-refractivity contribution in [1.82, 2.24) is 9.78 Å². The number of methoxy groups -OCH3 is 1. The number of nitrogens with zero attached hydrogens (tertiary/aromatic N) is 3. The first-order chi connectivity index (χ1) is 9.02. The van der Waals surface area contributed by atoms with Gasteiger partial charge >= 0.3 is 0 Å². The first-order valence-electron chi connectivity index (χ1n) is 6.06. The summed E-state index contributed by atoms with van der Waals surface area (Å²) in [7, 11) is 5.54. The van der Waals surface area contributed by atoms with Crippen LogP contribution in [0, 0.1) is 6.92 Å². The van der Waals surface area contributed by atoms with Gasteiger partial charge in [0.25, 0.3) is 0 Å². The van der Waals surface area contributed by atoms with E-state index in [1.54, 1.807) is 11.8 Å². The molecule has 102 valence electrons. The van der Waals surface area contributed by atoms with E-state index in [1.165, 1.54) is 0 Å². The van der Waals surface area contributed by atoms with Gasteiger partial charge in [-0.05, 0) is 19.1 Å². The minimum absolute atomic E-state index is 0.687. The van der Waals surface area contributed by atoms with Gasteiger partial charge in [-0.3, -0.25) is 4.68 Å². The number of anilines is 1. The predicted molar refractivity (Wildman–Crippen MR) is 78.1 cm³/mol. The lowest BCUT2D eigenvalue weighted by atomic mass is 10.2. The van der Waals surface area contributed by atoms with Crippen molar-refractivity contribution in [3.05, 3.63) is 40.7 Å². The van der Waals surface area contributed by atoms with Crippen molar-refractivity contribution in [3.63, 3.8) is 0 Å². The fraction of sp³-hybridized carbons (Fsp3) is 0.357. The van der Waals surface area contributed by atoms with Crippen LogP contribution in [0.5, 0.6) is 5.75 Å². The second-order valence-electron chi connectivity index (χ2n) is 4.54. The molecule has 2 aromatic rings. The van der Waals surface area contributed by atoms with E-state index in [2.05, 4.69) is 10.00 Å². The van der Waals surface area contributed by atoms with Crippen LogP contribution in [0.4, 0.5) is 5.69 Å². The molecule has 0 spiro atoms. The fourth-order valence-corrected chi connectivity index (χ4v) is 2.26. The van der Waals surface area contributed by atoms with Crippen LogP contribution >= 0.6 is 11.6 Å². The van der Waals surface area contributed by atoms with Gasteiger partial charge in [-0.1, -0.05) is 17.7 Å². The maximum atomic E-state index is 6.25. The molecule has 1 aromatic heterocycles. The number of rotatable bonds is 4. The van der Waals surface area contributed by atoms with Crippen molar-refractivity contribution in [1.29, 1.82) is 0 Å². The van der Waals surface area contributed by atoms with E-state index < -0.39 is 0 Å². The number of hydrogen-bond acceptors (Lipinski definition) is 3. The maximum Gasteiger partial charge on any atom is 0.131 e. The third-order valence-corrected chi connectivity index (χ3v) is 3.63. The van der Waals surface area contributed by atoms with E-state index in [0.717, 1.165) is 22.7 Å². The van der Waals surface area contributed by atoms with Crippen LogP contribution in [-0.4, -0.2) is 23.9 Å². The van der Waals surface area contributed by atoms with Gasteiger partial charge in [-0.25, -0.2) is 0 Å². The Kier molecular flexibility index (Phi) is 4.00. The summed E-state index contributed by atoms with van der Waals surface area (Å²) >= 11 is 6.25. The topological polar surface area (TPSA) is 30.3 Å². The minimum atomic E-state index is 0.687. The molecule has 4 nitrogen and oxygen atoms in total. The van der Waals surface area contributed by atoms with Gasteiger partial charge in [-0.2, -0.15) is 5.10 Å². The number of halogens is 1. The van der Waals surface area contributed by atoms with Gasteiger partial charge in [0.1, 0.15) is 10.9 Å². The predicted octanol–water partition coefficient (Wildman–Crippen LogP) is 3.03. The summed E-state index contributed by atoms with van der Waals surface area (Å²) in [5.41, 5.74) is 3.09. The van der Waals surface area contributed by atoms with E-state index in [0.29, 0.717) is 11.7 Å². The first kappa shape index (κ1) is 13.7. The zero-order valence-corrected chi connectivity index (χ0v) is 12.4.